The van der Waals surface area contributed by atoms with E-state index in [1.54, 1.807) is 24.3 Å². The van der Waals surface area contributed by atoms with E-state index in [0.29, 0.717) is 12.3 Å². The molecule has 1 aromatic carbocycles. The van der Waals surface area contributed by atoms with Crippen LogP contribution in [0.5, 0.6) is 0 Å². The summed E-state index contributed by atoms with van der Waals surface area (Å²) in [5, 5.41) is 4.74. The Balaban J connectivity index is 0.00000256. The van der Waals surface area contributed by atoms with Gasteiger partial charge in [-0.1, -0.05) is 12.1 Å². The number of nitrogens with one attached hydrogen (secondary N) is 2. The van der Waals surface area contributed by atoms with Gasteiger partial charge in [0, 0.05) is 5.69 Å². The van der Waals surface area contributed by atoms with Crippen molar-refractivity contribution < 1.29 is 14.4 Å². The third-order valence-corrected chi connectivity index (χ3v) is 1.81. The van der Waals surface area contributed by atoms with Crippen molar-refractivity contribution in [3.05, 3.63) is 29.8 Å². The maximum atomic E-state index is 11.2. The molecule has 0 saturated carbocycles. The van der Waals surface area contributed by atoms with Gasteiger partial charge >= 0.3 is 0 Å². The van der Waals surface area contributed by atoms with Crippen molar-refractivity contribution >= 4 is 18.0 Å². The molecular weight excluding hydrogens is 467 g/mol. The van der Waals surface area contributed by atoms with Crippen molar-refractivity contribution in [3.63, 3.8) is 0 Å². The van der Waals surface area contributed by atoms with E-state index in [2.05, 4.69) is 15.5 Å². The molecule has 1 rings (SSSR count). The average molecular weight is 479 g/mol. The predicted molar refractivity (Wildman–Crippen MR) is 57.7 cm³/mol. The van der Waals surface area contributed by atoms with Gasteiger partial charge in [-0.15, -0.1) is 0 Å². The Kier molecular flexibility index (Phi) is 6.11. The van der Waals surface area contributed by atoms with Crippen LogP contribution in [-0.4, -0.2) is 18.9 Å². The first-order chi connectivity index (χ1) is 7.76. The molecule has 17 heavy (non-hydrogen) atoms. The minimum Gasteiger partial charge on any atom is -0.522 e. The van der Waals surface area contributed by atoms with Crippen LogP contribution in [0.2, 0.25) is 0 Å². The summed E-state index contributed by atoms with van der Waals surface area (Å²) in [6.45, 7) is 0.215. The van der Waals surface area contributed by atoms with Crippen LogP contribution in [0.15, 0.2) is 24.3 Å². The molecular formula is C10H12FmN3O3-. The van der Waals surface area contributed by atoms with Crippen molar-refractivity contribution in [3.8, 4) is 0 Å². The van der Waals surface area contributed by atoms with Crippen LogP contribution in [-0.2, 0) is 21.0 Å². The summed E-state index contributed by atoms with van der Waals surface area (Å²) in [4.78, 5) is 25.5. The van der Waals surface area contributed by atoms with E-state index in [-0.39, 0.29) is 12.5 Å². The van der Waals surface area contributed by atoms with E-state index in [1.807, 2.05) is 0 Å². The number of benzene rings is 1. The molecule has 6 nitrogen and oxygen atoms in total. The Morgan fingerprint density at radius 2 is 2.00 bits per heavy atom. The molecule has 0 atom stereocenters. The Labute approximate surface area is 92.7 Å². The van der Waals surface area contributed by atoms with Gasteiger partial charge < -0.3 is 15.4 Å². The Morgan fingerprint density at radius 1 is 1.35 bits per heavy atom. The van der Waals surface area contributed by atoms with Crippen molar-refractivity contribution in [1.82, 2.24) is 5.32 Å². The number of carbonyl (C=O) groups is 1. The molecule has 4 N–H and O–H groups in total. The molecule has 0 saturated heterocycles. The standard InChI is InChI=1S/C10H12N3O3.Fm/c11-16-6-8-1-3-9(4-2-8)13-10(15)5-12-7-14;/h1-4H,5-6,11H2,(H,12,14)(H,13,15);/q-1;. The molecule has 0 unspecified atom stereocenters. The molecule has 0 aliphatic carbocycles. The zero-order valence-electron chi connectivity index (χ0n) is 8.81. The molecule has 0 bridgehead atoms. The van der Waals surface area contributed by atoms with Crippen molar-refractivity contribution in [2.24, 2.45) is 5.90 Å². The molecule has 2 amide bonds. The van der Waals surface area contributed by atoms with Gasteiger partial charge in [-0.05, 0) is 17.7 Å². The van der Waals surface area contributed by atoms with Crippen LogP contribution in [0.4, 0.5) is 5.69 Å². The number of hydrogen-bond acceptors (Lipinski definition) is 4. The summed E-state index contributed by atoms with van der Waals surface area (Å²) in [5.41, 5.74) is 1.54. The van der Waals surface area contributed by atoms with Crippen LogP contribution in [0, 0.1) is 0 Å². The van der Waals surface area contributed by atoms with Gasteiger partial charge in [-0.25, -0.2) is 5.90 Å². The van der Waals surface area contributed by atoms with E-state index in [0.717, 1.165) is 5.56 Å². The average Bonchev–Trinajstić information content (AvgIpc) is 2.29. The maximum absolute atomic E-state index is 11.2. The van der Waals surface area contributed by atoms with E-state index in [1.165, 1.54) is 6.41 Å². The quantitative estimate of drug-likeness (QED) is 0.296. The normalized spacial score (nSPS) is 9.00. The van der Waals surface area contributed by atoms with Crippen LogP contribution in [0.1, 0.15) is 5.56 Å². The number of hydrogen-bond donors (Lipinski definition) is 3. The van der Waals surface area contributed by atoms with Crippen LogP contribution in [0.25, 0.3) is 0 Å². The second-order valence-electron chi connectivity index (χ2n) is 3.01. The van der Waals surface area contributed by atoms with Crippen molar-refractivity contribution in [1.29, 1.82) is 0 Å². The van der Waals surface area contributed by atoms with Crippen molar-refractivity contribution in [2.75, 3.05) is 11.9 Å². The number of nitrogens with two attached hydrogens (primary N) is 1. The molecule has 0 fully saturated rings. The molecule has 98 valence electrons. The second-order valence-corrected chi connectivity index (χ2v) is 3.01. The van der Waals surface area contributed by atoms with Gasteiger partial charge in [-0.2, -0.15) is 6.41 Å². The third-order valence-electron chi connectivity index (χ3n) is 1.81. The summed E-state index contributed by atoms with van der Waals surface area (Å²) >= 11 is 0. The first-order valence-corrected chi connectivity index (χ1v) is 4.56. The minimum atomic E-state index is -0.314. The zero-order chi connectivity index (χ0) is 11.8. The van der Waals surface area contributed by atoms with Crippen LogP contribution >= 0.6 is 0 Å². The molecule has 0 aliphatic heterocycles. The molecule has 0 aliphatic rings. The molecule has 0 spiro atoms. The summed E-state index contributed by atoms with van der Waals surface area (Å²) in [6.07, 6.45) is 1.42. The number of rotatable bonds is 6. The largest absolute Gasteiger partial charge is 0.522 e. The number of carbonyl (C=O) groups excluding carboxylic acids is 2. The molecule has 7 heteroatoms. The van der Waals surface area contributed by atoms with E-state index in [9.17, 15) is 9.59 Å². The van der Waals surface area contributed by atoms with E-state index in [4.69, 9.17) is 5.90 Å². The summed E-state index contributed by atoms with van der Waals surface area (Å²) in [7, 11) is 0. The first kappa shape index (κ1) is 14.1. The molecule has 0 radical (unpaired) electrons. The van der Waals surface area contributed by atoms with Crippen LogP contribution < -0.4 is 16.5 Å². The summed E-state index contributed by atoms with van der Waals surface area (Å²) in [5.74, 6) is 4.61. The SMILES string of the molecule is NOCc1ccc(NC(=O)CN[C-]=O)cc1.[Fm]. The zero-order valence-corrected chi connectivity index (χ0v) is 11.2. The monoisotopic (exact) mass is 479 g/mol. The van der Waals surface area contributed by atoms with Gasteiger partial charge in [0.05, 0.1) is 13.2 Å². The van der Waals surface area contributed by atoms with Crippen molar-refractivity contribution in [2.45, 2.75) is 6.61 Å². The smallest absolute Gasteiger partial charge is 0.241 e. The summed E-state index contributed by atoms with van der Waals surface area (Å²) < 4.78 is 0. The minimum absolute atomic E-state index is 0. The summed E-state index contributed by atoms with van der Waals surface area (Å²) in [6, 6.07) is 7.00. The Hall–Kier alpha value is -2.92. The Morgan fingerprint density at radius 3 is 2.53 bits per heavy atom. The predicted octanol–water partition coefficient (Wildman–Crippen LogP) is -0.328. The second kappa shape index (κ2) is 7.38. The number of anilines is 1. The van der Waals surface area contributed by atoms with Gasteiger partial charge in [0.2, 0.25) is 5.91 Å². The van der Waals surface area contributed by atoms with E-state index >= 15 is 0 Å². The molecule has 0 aromatic heterocycles. The maximum Gasteiger partial charge on any atom is 0.241 e. The van der Waals surface area contributed by atoms with Crippen LogP contribution in [0.3, 0.4) is 0 Å². The molecule has 0 heterocycles. The topological polar surface area (TPSA) is 93.4 Å². The first-order valence-electron chi connectivity index (χ1n) is 4.56. The fraction of sp³-hybridized carbons (Fsp3) is 0.200. The van der Waals surface area contributed by atoms with Gasteiger partial charge in [-0.3, -0.25) is 9.63 Å². The Bertz CT molecular complexity index is 356. The van der Waals surface area contributed by atoms with Gasteiger partial charge in [0.25, 0.3) is 0 Å². The fourth-order valence-electron chi connectivity index (χ4n) is 1.10. The fourth-order valence-corrected chi connectivity index (χ4v) is 1.10. The number of amides is 2. The van der Waals surface area contributed by atoms with Gasteiger partial charge in [0.15, 0.2) is 0 Å². The van der Waals surface area contributed by atoms with E-state index < -0.39 is 0 Å². The third kappa shape index (κ3) is 4.91. The molecule has 1 aromatic rings. The van der Waals surface area contributed by atoms with Gasteiger partial charge in [0.1, 0.15) is 0 Å².